The molecule has 0 aliphatic heterocycles. The lowest BCUT2D eigenvalue weighted by Gasteiger charge is -2.05. The van der Waals surface area contributed by atoms with Crippen LogP contribution in [0.15, 0.2) is 0 Å². The Bertz CT molecular complexity index is 221. The first-order valence-corrected chi connectivity index (χ1v) is 9.86. The van der Waals surface area contributed by atoms with E-state index in [1.54, 1.807) is 0 Å². The quantitative estimate of drug-likeness (QED) is 0.214. The van der Waals surface area contributed by atoms with Crippen molar-refractivity contribution in [1.29, 1.82) is 0 Å². The van der Waals surface area contributed by atoms with Crippen molar-refractivity contribution in [3.05, 3.63) is 0 Å². The van der Waals surface area contributed by atoms with Gasteiger partial charge in [-0.15, -0.1) is 0 Å². The SMILES string of the molecule is CCCCCCCCCCCCCCCC(I)C(N)=O. The van der Waals surface area contributed by atoms with Crippen molar-refractivity contribution in [1.82, 2.24) is 0 Å². The molecular weight excluding hydrogens is 361 g/mol. The van der Waals surface area contributed by atoms with Gasteiger partial charge in [-0.25, -0.2) is 0 Å². The summed E-state index contributed by atoms with van der Waals surface area (Å²) < 4.78 is 0.0281. The van der Waals surface area contributed by atoms with Crippen LogP contribution in [0.4, 0.5) is 0 Å². The van der Waals surface area contributed by atoms with Crippen LogP contribution in [0.1, 0.15) is 96.8 Å². The van der Waals surface area contributed by atoms with Crippen LogP contribution in [-0.2, 0) is 4.79 Å². The number of alkyl halides is 1. The zero-order valence-electron chi connectivity index (χ0n) is 13.3. The minimum absolute atomic E-state index is 0.0281. The van der Waals surface area contributed by atoms with Gasteiger partial charge in [-0.05, 0) is 6.42 Å². The van der Waals surface area contributed by atoms with E-state index in [0.29, 0.717) is 0 Å². The highest BCUT2D eigenvalue weighted by molar-refractivity contribution is 14.1. The molecule has 1 amide bonds. The van der Waals surface area contributed by atoms with Crippen LogP contribution in [0.3, 0.4) is 0 Å². The topological polar surface area (TPSA) is 43.1 Å². The lowest BCUT2D eigenvalue weighted by atomic mass is 10.0. The standard InChI is InChI=1S/C17H34INO/c1-2-3-4-5-6-7-8-9-10-11-12-13-14-15-16(18)17(19)20/h16H,2-15H2,1H3,(H2,19,20). The van der Waals surface area contributed by atoms with Crippen molar-refractivity contribution in [3.8, 4) is 0 Å². The lowest BCUT2D eigenvalue weighted by Crippen LogP contribution is -2.22. The molecule has 20 heavy (non-hydrogen) atoms. The van der Waals surface area contributed by atoms with Gasteiger partial charge in [-0.3, -0.25) is 4.79 Å². The molecule has 2 N–H and O–H groups in total. The van der Waals surface area contributed by atoms with Crippen LogP contribution in [0.2, 0.25) is 0 Å². The van der Waals surface area contributed by atoms with Gasteiger partial charge in [-0.2, -0.15) is 0 Å². The monoisotopic (exact) mass is 395 g/mol. The molecule has 0 aromatic heterocycles. The normalized spacial score (nSPS) is 12.5. The zero-order chi connectivity index (χ0) is 15.1. The predicted molar refractivity (Wildman–Crippen MR) is 97.3 cm³/mol. The molecule has 1 atom stereocenters. The second-order valence-electron chi connectivity index (χ2n) is 5.90. The Balaban J connectivity index is 3.04. The predicted octanol–water partition coefficient (Wildman–Crippen LogP) is 5.76. The third kappa shape index (κ3) is 14.6. The number of unbranched alkanes of at least 4 members (excludes halogenated alkanes) is 12. The highest BCUT2D eigenvalue weighted by Crippen LogP contribution is 2.15. The van der Waals surface area contributed by atoms with Gasteiger partial charge < -0.3 is 5.73 Å². The van der Waals surface area contributed by atoms with Crippen molar-refractivity contribution in [2.45, 2.75) is 101 Å². The Kier molecular flexibility index (Phi) is 15.7. The fourth-order valence-corrected chi connectivity index (χ4v) is 2.92. The fraction of sp³-hybridized carbons (Fsp3) is 0.941. The number of amides is 1. The van der Waals surface area contributed by atoms with Crippen LogP contribution in [0, 0.1) is 0 Å². The minimum atomic E-state index is -0.162. The third-order valence-electron chi connectivity index (χ3n) is 3.87. The van der Waals surface area contributed by atoms with E-state index in [9.17, 15) is 4.79 Å². The van der Waals surface area contributed by atoms with E-state index in [-0.39, 0.29) is 9.83 Å². The van der Waals surface area contributed by atoms with Gasteiger partial charge in [0, 0.05) is 0 Å². The van der Waals surface area contributed by atoms with Crippen LogP contribution in [0.5, 0.6) is 0 Å². The van der Waals surface area contributed by atoms with Crippen molar-refractivity contribution < 1.29 is 4.79 Å². The summed E-state index contributed by atoms with van der Waals surface area (Å²) in [6.45, 7) is 2.27. The van der Waals surface area contributed by atoms with E-state index in [1.807, 2.05) is 0 Å². The Hall–Kier alpha value is 0.200. The van der Waals surface area contributed by atoms with E-state index in [0.717, 1.165) is 12.8 Å². The van der Waals surface area contributed by atoms with E-state index >= 15 is 0 Å². The zero-order valence-corrected chi connectivity index (χ0v) is 15.5. The highest BCUT2D eigenvalue weighted by atomic mass is 127. The summed E-state index contributed by atoms with van der Waals surface area (Å²) in [6.07, 6.45) is 18.7. The maximum atomic E-state index is 10.9. The molecule has 0 fully saturated rings. The molecule has 0 aliphatic carbocycles. The number of primary amides is 1. The molecule has 0 aromatic carbocycles. The van der Waals surface area contributed by atoms with Crippen molar-refractivity contribution >= 4 is 28.5 Å². The van der Waals surface area contributed by atoms with Crippen LogP contribution >= 0.6 is 22.6 Å². The first-order chi connectivity index (χ1) is 9.68. The molecular formula is C17H34INO. The van der Waals surface area contributed by atoms with E-state index in [4.69, 9.17) is 5.73 Å². The molecule has 0 spiro atoms. The average Bonchev–Trinajstić information content (AvgIpc) is 2.43. The number of nitrogens with two attached hydrogens (primary N) is 1. The molecule has 3 heteroatoms. The molecule has 0 saturated carbocycles. The minimum Gasteiger partial charge on any atom is -0.369 e. The molecule has 0 heterocycles. The first-order valence-electron chi connectivity index (χ1n) is 8.62. The molecule has 1 unspecified atom stereocenters. The number of hydrogen-bond donors (Lipinski definition) is 1. The molecule has 0 aliphatic rings. The number of carbonyl (C=O) groups excluding carboxylic acids is 1. The molecule has 0 bridgehead atoms. The summed E-state index contributed by atoms with van der Waals surface area (Å²) in [5, 5.41) is 0. The maximum Gasteiger partial charge on any atom is 0.230 e. The summed E-state index contributed by atoms with van der Waals surface area (Å²) in [5.74, 6) is -0.162. The summed E-state index contributed by atoms with van der Waals surface area (Å²) in [6, 6.07) is 0. The molecule has 0 radical (unpaired) electrons. The van der Waals surface area contributed by atoms with Gasteiger partial charge >= 0.3 is 0 Å². The molecule has 120 valence electrons. The van der Waals surface area contributed by atoms with Crippen molar-refractivity contribution in [2.75, 3.05) is 0 Å². The van der Waals surface area contributed by atoms with E-state index in [1.165, 1.54) is 77.0 Å². The van der Waals surface area contributed by atoms with E-state index in [2.05, 4.69) is 29.5 Å². The maximum absolute atomic E-state index is 10.9. The summed E-state index contributed by atoms with van der Waals surface area (Å²) in [4.78, 5) is 10.9. The van der Waals surface area contributed by atoms with Gasteiger partial charge in [-0.1, -0.05) is 113 Å². The number of rotatable bonds is 15. The Morgan fingerprint density at radius 3 is 1.50 bits per heavy atom. The molecule has 2 nitrogen and oxygen atoms in total. The van der Waals surface area contributed by atoms with E-state index < -0.39 is 0 Å². The number of carbonyl (C=O) groups is 1. The largest absolute Gasteiger partial charge is 0.369 e. The Morgan fingerprint density at radius 2 is 1.15 bits per heavy atom. The summed E-state index contributed by atoms with van der Waals surface area (Å²) >= 11 is 2.15. The van der Waals surface area contributed by atoms with Gasteiger partial charge in [0.05, 0.1) is 3.92 Å². The second-order valence-corrected chi connectivity index (χ2v) is 7.40. The molecule has 0 saturated heterocycles. The second kappa shape index (κ2) is 15.6. The number of halogens is 1. The van der Waals surface area contributed by atoms with Crippen LogP contribution in [0.25, 0.3) is 0 Å². The summed E-state index contributed by atoms with van der Waals surface area (Å²) in [7, 11) is 0. The fourth-order valence-electron chi connectivity index (χ4n) is 2.48. The molecule has 0 aromatic rings. The first kappa shape index (κ1) is 20.2. The Morgan fingerprint density at radius 1 is 0.800 bits per heavy atom. The molecule has 0 rings (SSSR count). The van der Waals surface area contributed by atoms with Gasteiger partial charge in [0.2, 0.25) is 5.91 Å². The van der Waals surface area contributed by atoms with Crippen molar-refractivity contribution in [3.63, 3.8) is 0 Å². The van der Waals surface area contributed by atoms with Crippen LogP contribution in [-0.4, -0.2) is 9.83 Å². The van der Waals surface area contributed by atoms with Gasteiger partial charge in [0.15, 0.2) is 0 Å². The Labute approximate surface area is 139 Å². The third-order valence-corrected chi connectivity index (χ3v) is 5.11. The highest BCUT2D eigenvalue weighted by Gasteiger charge is 2.08. The van der Waals surface area contributed by atoms with Gasteiger partial charge in [0.25, 0.3) is 0 Å². The smallest absolute Gasteiger partial charge is 0.230 e. The van der Waals surface area contributed by atoms with Crippen LogP contribution < -0.4 is 5.73 Å². The van der Waals surface area contributed by atoms with Gasteiger partial charge in [0.1, 0.15) is 0 Å². The summed E-state index contributed by atoms with van der Waals surface area (Å²) in [5.41, 5.74) is 5.24. The van der Waals surface area contributed by atoms with Crippen molar-refractivity contribution in [2.24, 2.45) is 5.73 Å². The lowest BCUT2D eigenvalue weighted by molar-refractivity contribution is -0.117. The number of hydrogen-bond acceptors (Lipinski definition) is 1. The average molecular weight is 395 g/mol.